The van der Waals surface area contributed by atoms with Crippen molar-refractivity contribution in [3.05, 3.63) is 66.0 Å². The fourth-order valence-corrected chi connectivity index (χ4v) is 3.08. The Morgan fingerprint density at radius 3 is 2.70 bits per heavy atom. The van der Waals surface area contributed by atoms with Crippen LogP contribution in [0.3, 0.4) is 0 Å². The summed E-state index contributed by atoms with van der Waals surface area (Å²) in [5.74, 6) is -0.653. The Morgan fingerprint density at radius 2 is 2.00 bits per heavy atom. The van der Waals surface area contributed by atoms with E-state index in [1.54, 1.807) is 25.1 Å². The van der Waals surface area contributed by atoms with E-state index in [9.17, 15) is 9.59 Å². The highest BCUT2D eigenvalue weighted by Gasteiger charge is 2.16. The maximum Gasteiger partial charge on any atom is 0.330 e. The van der Waals surface area contributed by atoms with E-state index in [1.165, 1.54) is 17.8 Å². The smallest absolute Gasteiger partial charge is 0.330 e. The van der Waals surface area contributed by atoms with Gasteiger partial charge in [0, 0.05) is 18.0 Å². The molecule has 0 radical (unpaired) electrons. The number of esters is 1. The topological polar surface area (TPSA) is 72.7 Å². The Bertz CT molecular complexity index is 993. The summed E-state index contributed by atoms with van der Waals surface area (Å²) < 4.78 is 6.73. The van der Waals surface area contributed by atoms with E-state index in [0.717, 1.165) is 16.2 Å². The first-order chi connectivity index (χ1) is 13.1. The number of benzene rings is 1. The fraction of sp³-hybridized carbons (Fsp3) is 0.150. The van der Waals surface area contributed by atoms with E-state index < -0.39 is 0 Å². The third kappa shape index (κ3) is 4.38. The molecule has 3 aromatic rings. The van der Waals surface area contributed by atoms with Crippen molar-refractivity contribution in [2.45, 2.75) is 12.1 Å². The molecule has 0 spiro atoms. The van der Waals surface area contributed by atoms with Gasteiger partial charge in [-0.05, 0) is 49.1 Å². The first-order valence-electron chi connectivity index (χ1n) is 8.39. The number of fused-ring (bicyclic) bond motifs is 1. The number of rotatable bonds is 6. The number of anilines is 1. The zero-order valence-corrected chi connectivity index (χ0v) is 15.8. The zero-order chi connectivity index (χ0) is 19.2. The standard InChI is InChI=1S/C20H19N3O3S/c1-3-26-17(24)12-9-14-7-10-15(11-8-14)21-19(25)18-16-6-4-5-13-23(16)20(22-18)27-2/h4-13H,3H2,1-2H3,(H,21,25)/b12-9+. The molecular weight excluding hydrogens is 362 g/mol. The summed E-state index contributed by atoms with van der Waals surface area (Å²) in [4.78, 5) is 28.4. The Hall–Kier alpha value is -3.06. The maximum atomic E-state index is 12.7. The van der Waals surface area contributed by atoms with Crippen LogP contribution in [0.2, 0.25) is 0 Å². The molecule has 0 saturated carbocycles. The molecule has 0 unspecified atom stereocenters. The van der Waals surface area contributed by atoms with Gasteiger partial charge in [0.1, 0.15) is 0 Å². The van der Waals surface area contributed by atoms with Crippen LogP contribution in [-0.2, 0) is 9.53 Å². The zero-order valence-electron chi connectivity index (χ0n) is 15.0. The van der Waals surface area contributed by atoms with Gasteiger partial charge in [0.15, 0.2) is 10.9 Å². The van der Waals surface area contributed by atoms with Crippen LogP contribution in [0.15, 0.2) is 59.9 Å². The van der Waals surface area contributed by atoms with E-state index in [2.05, 4.69) is 10.3 Å². The number of hydrogen-bond acceptors (Lipinski definition) is 5. The first kappa shape index (κ1) is 18.7. The number of thioether (sulfide) groups is 1. The highest BCUT2D eigenvalue weighted by molar-refractivity contribution is 7.98. The van der Waals surface area contributed by atoms with Crippen LogP contribution in [0, 0.1) is 0 Å². The summed E-state index contributed by atoms with van der Waals surface area (Å²) in [6, 6.07) is 12.8. The lowest BCUT2D eigenvalue weighted by molar-refractivity contribution is -0.137. The number of imidazole rings is 1. The number of amides is 1. The van der Waals surface area contributed by atoms with E-state index in [1.807, 2.05) is 47.2 Å². The molecule has 0 saturated heterocycles. The monoisotopic (exact) mass is 381 g/mol. The molecular formula is C20H19N3O3S. The lowest BCUT2D eigenvalue weighted by Crippen LogP contribution is -2.12. The lowest BCUT2D eigenvalue weighted by atomic mass is 10.2. The van der Waals surface area contributed by atoms with Crippen molar-refractivity contribution in [3.8, 4) is 0 Å². The first-order valence-corrected chi connectivity index (χ1v) is 9.62. The molecule has 1 N–H and O–H groups in total. The third-order valence-corrected chi connectivity index (χ3v) is 4.43. The number of aromatic nitrogens is 2. The van der Waals surface area contributed by atoms with Gasteiger partial charge in [0.05, 0.1) is 12.1 Å². The van der Waals surface area contributed by atoms with Crippen LogP contribution in [-0.4, -0.2) is 34.1 Å². The highest BCUT2D eigenvalue weighted by Crippen LogP contribution is 2.21. The molecule has 0 atom stereocenters. The second kappa shape index (κ2) is 8.55. The summed E-state index contributed by atoms with van der Waals surface area (Å²) in [6.45, 7) is 2.10. The average Bonchev–Trinajstić information content (AvgIpc) is 3.07. The Kier molecular flexibility index (Phi) is 5.93. The van der Waals surface area contributed by atoms with Crippen LogP contribution < -0.4 is 5.32 Å². The van der Waals surface area contributed by atoms with Gasteiger partial charge in [-0.25, -0.2) is 9.78 Å². The molecule has 0 aliphatic heterocycles. The number of ether oxygens (including phenoxy) is 1. The molecule has 3 rings (SSSR count). The summed E-state index contributed by atoms with van der Waals surface area (Å²) in [7, 11) is 0. The molecule has 6 nitrogen and oxygen atoms in total. The van der Waals surface area contributed by atoms with Crippen LogP contribution in [0.1, 0.15) is 23.0 Å². The van der Waals surface area contributed by atoms with Gasteiger partial charge in [0.2, 0.25) is 0 Å². The number of pyridine rings is 1. The molecule has 0 bridgehead atoms. The van der Waals surface area contributed by atoms with Crippen molar-refractivity contribution in [1.29, 1.82) is 0 Å². The minimum atomic E-state index is -0.383. The van der Waals surface area contributed by atoms with Crippen LogP contribution in [0.25, 0.3) is 11.6 Å². The number of carbonyl (C=O) groups excluding carboxylic acids is 2. The van der Waals surface area contributed by atoms with Gasteiger partial charge >= 0.3 is 5.97 Å². The highest BCUT2D eigenvalue weighted by atomic mass is 32.2. The molecule has 0 fully saturated rings. The summed E-state index contributed by atoms with van der Waals surface area (Å²) in [5, 5.41) is 3.62. The second-order valence-electron chi connectivity index (χ2n) is 5.56. The van der Waals surface area contributed by atoms with Gasteiger partial charge in [-0.15, -0.1) is 0 Å². The number of nitrogens with one attached hydrogen (secondary N) is 1. The Morgan fingerprint density at radius 1 is 1.22 bits per heavy atom. The lowest BCUT2D eigenvalue weighted by Gasteiger charge is -2.04. The molecule has 2 heterocycles. The van der Waals surface area contributed by atoms with E-state index in [-0.39, 0.29) is 11.9 Å². The summed E-state index contributed by atoms with van der Waals surface area (Å²) in [6.07, 6.45) is 6.84. The van der Waals surface area contributed by atoms with E-state index in [0.29, 0.717) is 18.0 Å². The van der Waals surface area contributed by atoms with Crippen molar-refractivity contribution in [3.63, 3.8) is 0 Å². The molecule has 0 aliphatic carbocycles. The van der Waals surface area contributed by atoms with E-state index >= 15 is 0 Å². The van der Waals surface area contributed by atoms with Crippen molar-refractivity contribution in [1.82, 2.24) is 9.38 Å². The molecule has 2 aromatic heterocycles. The van der Waals surface area contributed by atoms with Gasteiger partial charge in [-0.3, -0.25) is 9.20 Å². The van der Waals surface area contributed by atoms with Gasteiger partial charge < -0.3 is 10.1 Å². The number of carbonyl (C=O) groups is 2. The normalized spacial score (nSPS) is 11.0. The molecule has 1 aromatic carbocycles. The third-order valence-electron chi connectivity index (χ3n) is 3.78. The predicted octanol–water partition coefficient (Wildman–Crippen LogP) is 3.88. The summed E-state index contributed by atoms with van der Waals surface area (Å²) in [5.41, 5.74) is 2.62. The largest absolute Gasteiger partial charge is 0.463 e. The fourth-order valence-electron chi connectivity index (χ4n) is 2.54. The van der Waals surface area contributed by atoms with Gasteiger partial charge in [-0.1, -0.05) is 30.0 Å². The molecule has 7 heteroatoms. The number of nitrogens with zero attached hydrogens (tertiary/aromatic N) is 2. The maximum absolute atomic E-state index is 12.7. The minimum absolute atomic E-state index is 0.270. The molecule has 27 heavy (non-hydrogen) atoms. The number of hydrogen-bond donors (Lipinski definition) is 1. The van der Waals surface area contributed by atoms with Crippen molar-refractivity contribution in [2.24, 2.45) is 0 Å². The van der Waals surface area contributed by atoms with Gasteiger partial charge in [0.25, 0.3) is 5.91 Å². The molecule has 1 amide bonds. The predicted molar refractivity (Wildman–Crippen MR) is 107 cm³/mol. The SMILES string of the molecule is CCOC(=O)/C=C/c1ccc(NC(=O)c2nc(SC)n3ccccc23)cc1. The van der Waals surface area contributed by atoms with Crippen LogP contribution in [0.4, 0.5) is 5.69 Å². The molecule has 138 valence electrons. The summed E-state index contributed by atoms with van der Waals surface area (Å²) >= 11 is 1.48. The Balaban J connectivity index is 1.74. The van der Waals surface area contributed by atoms with Crippen LogP contribution >= 0.6 is 11.8 Å². The molecule has 0 aliphatic rings. The Labute approximate surface area is 161 Å². The van der Waals surface area contributed by atoms with E-state index in [4.69, 9.17) is 4.74 Å². The second-order valence-corrected chi connectivity index (χ2v) is 6.34. The van der Waals surface area contributed by atoms with Crippen molar-refractivity contribution >= 4 is 40.9 Å². The van der Waals surface area contributed by atoms with Gasteiger partial charge in [-0.2, -0.15) is 0 Å². The average molecular weight is 381 g/mol. The van der Waals surface area contributed by atoms with Crippen molar-refractivity contribution in [2.75, 3.05) is 18.2 Å². The van der Waals surface area contributed by atoms with Crippen molar-refractivity contribution < 1.29 is 14.3 Å². The quantitative estimate of drug-likeness (QED) is 0.398. The van der Waals surface area contributed by atoms with Crippen LogP contribution in [0.5, 0.6) is 0 Å². The minimum Gasteiger partial charge on any atom is -0.463 e.